The largest absolute Gasteiger partial charge is 0.497 e. The quantitative estimate of drug-likeness (QED) is 0.588. The number of carbonyl (C=O) groups excluding carboxylic acids is 2. The Bertz CT molecular complexity index is 1270. The highest BCUT2D eigenvalue weighted by molar-refractivity contribution is 6.14. The Balaban J connectivity index is 1.66. The van der Waals surface area contributed by atoms with Crippen LogP contribution in [0.1, 0.15) is 60.6 Å². The molecule has 1 aliphatic carbocycles. The van der Waals surface area contributed by atoms with Gasteiger partial charge in [0.2, 0.25) is 5.91 Å². The van der Waals surface area contributed by atoms with Gasteiger partial charge in [0.05, 0.1) is 19.2 Å². The summed E-state index contributed by atoms with van der Waals surface area (Å²) in [6.45, 7) is 6.33. The maximum absolute atomic E-state index is 14.1. The van der Waals surface area contributed by atoms with Crippen LogP contribution in [0.5, 0.6) is 5.75 Å². The van der Waals surface area contributed by atoms with E-state index in [0.29, 0.717) is 12.2 Å². The van der Waals surface area contributed by atoms with E-state index in [-0.39, 0.29) is 17.9 Å². The van der Waals surface area contributed by atoms with Crippen LogP contribution in [-0.4, -0.2) is 35.1 Å². The van der Waals surface area contributed by atoms with Crippen molar-refractivity contribution in [2.75, 3.05) is 12.0 Å². The number of fused-ring (bicyclic) bond motifs is 3. The Morgan fingerprint density at radius 2 is 1.85 bits per heavy atom. The topological polar surface area (TPSA) is 63.6 Å². The van der Waals surface area contributed by atoms with E-state index in [4.69, 9.17) is 4.74 Å². The summed E-state index contributed by atoms with van der Waals surface area (Å²) in [4.78, 5) is 29.8. The van der Waals surface area contributed by atoms with Crippen LogP contribution < -0.4 is 15.0 Å². The molecule has 2 aliphatic rings. The van der Waals surface area contributed by atoms with Gasteiger partial charge in [0.25, 0.3) is 5.91 Å². The number of nitrogens with zero attached hydrogens (tertiary/aromatic N) is 2. The SMILES string of the molecule is COc1ccc2cc3n(c2c1)CC(C)(C(=O)NC1CCCCC1)N(c1cccc(C)c1C)C3=O. The molecule has 2 aromatic carbocycles. The third-order valence-electron chi connectivity index (χ3n) is 7.74. The van der Waals surface area contributed by atoms with Gasteiger partial charge in [-0.05, 0) is 69.0 Å². The first-order chi connectivity index (χ1) is 16.3. The second kappa shape index (κ2) is 8.49. The van der Waals surface area contributed by atoms with Crippen molar-refractivity contribution in [2.45, 2.75) is 71.0 Å². The molecule has 1 N–H and O–H groups in total. The van der Waals surface area contributed by atoms with E-state index >= 15 is 0 Å². The van der Waals surface area contributed by atoms with Crippen molar-refractivity contribution in [3.63, 3.8) is 0 Å². The molecule has 6 heteroatoms. The molecule has 1 unspecified atom stereocenters. The first-order valence-electron chi connectivity index (χ1n) is 12.2. The van der Waals surface area contributed by atoms with Crippen LogP contribution in [0.4, 0.5) is 5.69 Å². The van der Waals surface area contributed by atoms with E-state index in [0.717, 1.165) is 59.2 Å². The standard InChI is InChI=1S/C28H33N3O3/c1-18-9-8-12-23(19(18)2)31-26(32)25-15-20-13-14-22(34-4)16-24(20)30(25)17-28(31,3)27(33)29-21-10-6-5-7-11-21/h8-9,12-16,21H,5-7,10-11,17H2,1-4H3,(H,29,33). The molecule has 2 amide bonds. The number of hydrogen-bond acceptors (Lipinski definition) is 3. The van der Waals surface area contributed by atoms with Crippen LogP contribution in [0.15, 0.2) is 42.5 Å². The summed E-state index contributed by atoms with van der Waals surface area (Å²) in [6, 6.07) is 13.8. The summed E-state index contributed by atoms with van der Waals surface area (Å²) in [5, 5.41) is 4.27. The van der Waals surface area contributed by atoms with E-state index in [9.17, 15) is 9.59 Å². The average molecular weight is 460 g/mol. The number of carbonyl (C=O) groups is 2. The van der Waals surface area contributed by atoms with Crippen molar-refractivity contribution in [3.8, 4) is 5.75 Å². The van der Waals surface area contributed by atoms with Gasteiger partial charge in [0.15, 0.2) is 0 Å². The second-order valence-electron chi connectivity index (χ2n) is 9.98. The first-order valence-corrected chi connectivity index (χ1v) is 12.2. The Morgan fingerprint density at radius 1 is 1.09 bits per heavy atom. The zero-order valence-electron chi connectivity index (χ0n) is 20.5. The van der Waals surface area contributed by atoms with Gasteiger partial charge in [-0.15, -0.1) is 0 Å². The molecule has 0 bridgehead atoms. The molecular weight excluding hydrogens is 426 g/mol. The number of ether oxygens (including phenoxy) is 1. The van der Waals surface area contributed by atoms with Gasteiger partial charge in [-0.1, -0.05) is 31.4 Å². The van der Waals surface area contributed by atoms with Crippen LogP contribution in [0.25, 0.3) is 10.9 Å². The van der Waals surface area contributed by atoms with Gasteiger partial charge in [-0.2, -0.15) is 0 Å². The van der Waals surface area contributed by atoms with E-state index < -0.39 is 5.54 Å². The number of amides is 2. The molecule has 3 aromatic rings. The van der Waals surface area contributed by atoms with Crippen molar-refractivity contribution < 1.29 is 14.3 Å². The maximum atomic E-state index is 14.1. The minimum atomic E-state index is -1.07. The average Bonchev–Trinajstić information content (AvgIpc) is 3.20. The van der Waals surface area contributed by atoms with E-state index in [1.54, 1.807) is 12.0 Å². The van der Waals surface area contributed by atoms with Crippen molar-refractivity contribution >= 4 is 28.4 Å². The predicted octanol–water partition coefficient (Wildman–Crippen LogP) is 5.13. The van der Waals surface area contributed by atoms with Crippen molar-refractivity contribution in [1.82, 2.24) is 9.88 Å². The molecule has 1 aromatic heterocycles. The van der Waals surface area contributed by atoms with Gasteiger partial charge in [-0.25, -0.2) is 0 Å². The first kappa shape index (κ1) is 22.5. The molecule has 5 rings (SSSR count). The zero-order valence-corrected chi connectivity index (χ0v) is 20.5. The highest BCUT2D eigenvalue weighted by Crippen LogP contribution is 2.38. The number of benzene rings is 2. The molecule has 2 heterocycles. The molecule has 0 radical (unpaired) electrons. The van der Waals surface area contributed by atoms with Gasteiger partial charge >= 0.3 is 0 Å². The summed E-state index contributed by atoms with van der Waals surface area (Å²) < 4.78 is 7.43. The van der Waals surface area contributed by atoms with Gasteiger partial charge in [0.1, 0.15) is 17.0 Å². The number of aryl methyl sites for hydroxylation is 1. The van der Waals surface area contributed by atoms with Crippen LogP contribution in [0.3, 0.4) is 0 Å². The van der Waals surface area contributed by atoms with Crippen molar-refractivity contribution in [2.24, 2.45) is 0 Å². The zero-order chi connectivity index (χ0) is 24.0. The number of hydrogen-bond donors (Lipinski definition) is 1. The van der Waals surface area contributed by atoms with Crippen LogP contribution in [0.2, 0.25) is 0 Å². The smallest absolute Gasteiger partial charge is 0.275 e. The Kier molecular flexibility index (Phi) is 5.62. The molecule has 1 atom stereocenters. The fourth-order valence-electron chi connectivity index (χ4n) is 5.54. The summed E-state index contributed by atoms with van der Waals surface area (Å²) in [5.74, 6) is 0.478. The second-order valence-corrected chi connectivity index (χ2v) is 9.98. The Hall–Kier alpha value is -3.28. The molecule has 0 spiro atoms. The molecule has 1 saturated carbocycles. The summed E-state index contributed by atoms with van der Waals surface area (Å²) in [6.07, 6.45) is 5.47. The number of rotatable bonds is 4. The maximum Gasteiger partial charge on any atom is 0.275 e. The van der Waals surface area contributed by atoms with E-state index in [2.05, 4.69) is 5.32 Å². The lowest BCUT2D eigenvalue weighted by Gasteiger charge is -2.45. The van der Waals surface area contributed by atoms with Crippen molar-refractivity contribution in [1.29, 1.82) is 0 Å². The molecule has 6 nitrogen and oxygen atoms in total. The molecule has 1 fully saturated rings. The van der Waals surface area contributed by atoms with Crippen LogP contribution in [-0.2, 0) is 11.3 Å². The van der Waals surface area contributed by atoms with Gasteiger partial charge in [-0.3, -0.25) is 14.5 Å². The number of aromatic nitrogens is 1. The fourth-order valence-corrected chi connectivity index (χ4v) is 5.54. The molecule has 34 heavy (non-hydrogen) atoms. The van der Waals surface area contributed by atoms with Crippen LogP contribution >= 0.6 is 0 Å². The van der Waals surface area contributed by atoms with E-state index in [1.165, 1.54) is 6.42 Å². The summed E-state index contributed by atoms with van der Waals surface area (Å²) in [7, 11) is 1.64. The summed E-state index contributed by atoms with van der Waals surface area (Å²) >= 11 is 0. The monoisotopic (exact) mass is 459 g/mol. The van der Waals surface area contributed by atoms with Gasteiger partial charge < -0.3 is 14.6 Å². The molecular formula is C28H33N3O3. The highest BCUT2D eigenvalue weighted by atomic mass is 16.5. The summed E-state index contributed by atoms with van der Waals surface area (Å²) in [5.41, 5.74) is 3.32. The van der Waals surface area contributed by atoms with Crippen molar-refractivity contribution in [3.05, 3.63) is 59.3 Å². The molecule has 0 saturated heterocycles. The molecule has 1 aliphatic heterocycles. The van der Waals surface area contributed by atoms with E-state index in [1.807, 2.05) is 67.8 Å². The number of nitrogens with one attached hydrogen (secondary N) is 1. The Morgan fingerprint density at radius 3 is 2.59 bits per heavy atom. The Labute approximate surface area is 200 Å². The number of methoxy groups -OCH3 is 1. The minimum Gasteiger partial charge on any atom is -0.497 e. The lowest BCUT2D eigenvalue weighted by atomic mass is 9.90. The number of anilines is 1. The lowest BCUT2D eigenvalue weighted by Crippen LogP contribution is -2.65. The van der Waals surface area contributed by atoms with Crippen LogP contribution in [0, 0.1) is 13.8 Å². The highest BCUT2D eigenvalue weighted by Gasteiger charge is 2.49. The normalized spacial score (nSPS) is 20.9. The predicted molar refractivity (Wildman–Crippen MR) is 135 cm³/mol. The minimum absolute atomic E-state index is 0.0935. The lowest BCUT2D eigenvalue weighted by molar-refractivity contribution is -0.127. The third-order valence-corrected chi connectivity index (χ3v) is 7.74. The van der Waals surface area contributed by atoms with Gasteiger partial charge in [0, 0.05) is 23.2 Å². The third kappa shape index (κ3) is 3.56. The molecule has 178 valence electrons. The fraction of sp³-hybridized carbons (Fsp3) is 0.429.